The zero-order valence-electron chi connectivity index (χ0n) is 12.9. The third kappa shape index (κ3) is 3.65. The van der Waals surface area contributed by atoms with Crippen LogP contribution in [0.3, 0.4) is 0 Å². The van der Waals surface area contributed by atoms with Crippen LogP contribution >= 0.6 is 0 Å². The van der Waals surface area contributed by atoms with Gasteiger partial charge in [0, 0.05) is 19.0 Å². The van der Waals surface area contributed by atoms with Gasteiger partial charge in [0.05, 0.1) is 0 Å². The zero-order chi connectivity index (χ0) is 14.7. The average Bonchev–Trinajstić information content (AvgIpc) is 2.49. The summed E-state index contributed by atoms with van der Waals surface area (Å²) in [5.74, 6) is 1.33. The van der Waals surface area contributed by atoms with Crippen molar-refractivity contribution in [3.63, 3.8) is 0 Å². The molecule has 1 aliphatic carbocycles. The molecule has 2 aliphatic rings. The molecule has 2 N–H and O–H groups in total. The maximum Gasteiger partial charge on any atom is 0.220 e. The Labute approximate surface area is 127 Å². The summed E-state index contributed by atoms with van der Waals surface area (Å²) in [6, 6.07) is 8.97. The minimum atomic E-state index is 0.236. The molecular weight excluding hydrogens is 260 g/mol. The standard InChI is InChI=1S/C18H26N2O/c1-13-8-9-19-12-17(13)20-18(21)11-14-6-7-15-4-2-3-5-16(15)10-14/h2-5,13-14,17,19H,6-12H2,1H3,(H,20,21). The maximum atomic E-state index is 12.3. The highest BCUT2D eigenvalue weighted by Gasteiger charge is 2.25. The number of fused-ring (bicyclic) bond motifs is 1. The molecule has 1 saturated heterocycles. The smallest absolute Gasteiger partial charge is 0.220 e. The molecule has 114 valence electrons. The van der Waals surface area contributed by atoms with Crippen molar-refractivity contribution < 1.29 is 4.79 Å². The first-order valence-corrected chi connectivity index (χ1v) is 8.29. The van der Waals surface area contributed by atoms with Crippen molar-refractivity contribution in [1.82, 2.24) is 10.6 Å². The van der Waals surface area contributed by atoms with Crippen molar-refractivity contribution in [2.75, 3.05) is 13.1 Å². The minimum Gasteiger partial charge on any atom is -0.352 e. The van der Waals surface area contributed by atoms with Crippen molar-refractivity contribution in [3.8, 4) is 0 Å². The molecule has 1 aromatic carbocycles. The molecule has 0 aromatic heterocycles. The molecule has 3 nitrogen and oxygen atoms in total. The summed E-state index contributed by atoms with van der Waals surface area (Å²) in [5.41, 5.74) is 2.91. The fraction of sp³-hybridized carbons (Fsp3) is 0.611. The molecule has 3 rings (SSSR count). The van der Waals surface area contributed by atoms with Crippen LogP contribution in [-0.4, -0.2) is 25.0 Å². The van der Waals surface area contributed by atoms with Crippen LogP contribution in [0, 0.1) is 11.8 Å². The molecule has 0 saturated carbocycles. The van der Waals surface area contributed by atoms with Gasteiger partial charge in [-0.3, -0.25) is 4.79 Å². The summed E-state index contributed by atoms with van der Waals surface area (Å²) in [5, 5.41) is 6.61. The number of rotatable bonds is 3. The van der Waals surface area contributed by atoms with Gasteiger partial charge in [-0.1, -0.05) is 31.2 Å². The molecule has 3 atom stereocenters. The molecule has 21 heavy (non-hydrogen) atoms. The summed E-state index contributed by atoms with van der Waals surface area (Å²) < 4.78 is 0. The number of nitrogens with one attached hydrogen (secondary N) is 2. The summed E-state index contributed by atoms with van der Waals surface area (Å²) in [7, 11) is 0. The van der Waals surface area contributed by atoms with Crippen LogP contribution in [0.2, 0.25) is 0 Å². The van der Waals surface area contributed by atoms with Crippen LogP contribution in [-0.2, 0) is 17.6 Å². The first kappa shape index (κ1) is 14.6. The molecule has 3 unspecified atom stereocenters. The number of carbonyl (C=O) groups excluding carboxylic acids is 1. The molecule has 0 bridgehead atoms. The predicted molar refractivity (Wildman–Crippen MR) is 85.2 cm³/mol. The minimum absolute atomic E-state index is 0.236. The molecule has 1 aliphatic heterocycles. The summed E-state index contributed by atoms with van der Waals surface area (Å²) in [6.45, 7) is 4.23. The zero-order valence-corrected chi connectivity index (χ0v) is 12.9. The largest absolute Gasteiger partial charge is 0.352 e. The summed E-state index contributed by atoms with van der Waals surface area (Å²) in [4.78, 5) is 12.3. The molecular formula is C18H26N2O. The topological polar surface area (TPSA) is 41.1 Å². The first-order chi connectivity index (χ1) is 10.2. The van der Waals surface area contributed by atoms with E-state index in [2.05, 4.69) is 41.8 Å². The molecule has 1 aromatic rings. The monoisotopic (exact) mass is 286 g/mol. The molecule has 1 heterocycles. The van der Waals surface area contributed by atoms with Gasteiger partial charge in [-0.15, -0.1) is 0 Å². The van der Waals surface area contributed by atoms with Gasteiger partial charge < -0.3 is 10.6 Å². The molecule has 0 radical (unpaired) electrons. The first-order valence-electron chi connectivity index (χ1n) is 8.29. The fourth-order valence-electron chi connectivity index (χ4n) is 3.66. The number of amides is 1. The Morgan fingerprint density at radius 1 is 1.29 bits per heavy atom. The second kappa shape index (κ2) is 6.61. The highest BCUT2D eigenvalue weighted by atomic mass is 16.1. The van der Waals surface area contributed by atoms with Gasteiger partial charge >= 0.3 is 0 Å². The highest BCUT2D eigenvalue weighted by Crippen LogP contribution is 2.27. The van der Waals surface area contributed by atoms with Crippen LogP contribution in [0.5, 0.6) is 0 Å². The van der Waals surface area contributed by atoms with E-state index in [-0.39, 0.29) is 5.91 Å². The van der Waals surface area contributed by atoms with Gasteiger partial charge in [0.1, 0.15) is 0 Å². The van der Waals surface area contributed by atoms with E-state index in [1.165, 1.54) is 11.1 Å². The van der Waals surface area contributed by atoms with E-state index in [4.69, 9.17) is 0 Å². The lowest BCUT2D eigenvalue weighted by molar-refractivity contribution is -0.123. The van der Waals surface area contributed by atoms with Crippen LogP contribution in [0.4, 0.5) is 0 Å². The van der Waals surface area contributed by atoms with E-state index >= 15 is 0 Å². The molecule has 0 spiro atoms. The van der Waals surface area contributed by atoms with Crippen molar-refractivity contribution in [2.45, 2.75) is 45.1 Å². The Hall–Kier alpha value is -1.35. The van der Waals surface area contributed by atoms with E-state index < -0.39 is 0 Å². The van der Waals surface area contributed by atoms with Gasteiger partial charge in [0.25, 0.3) is 0 Å². The Bertz CT molecular complexity index is 500. The van der Waals surface area contributed by atoms with Gasteiger partial charge in [-0.25, -0.2) is 0 Å². The highest BCUT2D eigenvalue weighted by molar-refractivity contribution is 5.76. The van der Waals surface area contributed by atoms with Crippen LogP contribution in [0.1, 0.15) is 37.3 Å². The molecule has 1 fully saturated rings. The quantitative estimate of drug-likeness (QED) is 0.895. The number of hydrogen-bond donors (Lipinski definition) is 2. The van der Waals surface area contributed by atoms with E-state index in [0.717, 1.165) is 38.8 Å². The average molecular weight is 286 g/mol. The molecule has 1 amide bonds. The second-order valence-corrected chi connectivity index (χ2v) is 6.73. The third-order valence-corrected chi connectivity index (χ3v) is 5.10. The summed E-state index contributed by atoms with van der Waals surface area (Å²) >= 11 is 0. The lowest BCUT2D eigenvalue weighted by Gasteiger charge is -2.31. The number of piperidine rings is 1. The SMILES string of the molecule is CC1CCNCC1NC(=O)CC1CCc2ccccc2C1. The van der Waals surface area contributed by atoms with E-state index in [9.17, 15) is 4.79 Å². The Balaban J connectivity index is 1.52. The van der Waals surface area contributed by atoms with Gasteiger partial charge in [0.2, 0.25) is 5.91 Å². The van der Waals surface area contributed by atoms with Gasteiger partial charge in [-0.2, -0.15) is 0 Å². The van der Waals surface area contributed by atoms with Crippen molar-refractivity contribution in [1.29, 1.82) is 0 Å². The lowest BCUT2D eigenvalue weighted by Crippen LogP contribution is -2.50. The van der Waals surface area contributed by atoms with Gasteiger partial charge in [-0.05, 0) is 55.2 Å². The number of aryl methyl sites for hydroxylation is 1. The normalized spacial score (nSPS) is 28.7. The Morgan fingerprint density at radius 2 is 2.10 bits per heavy atom. The van der Waals surface area contributed by atoms with E-state index in [1.807, 2.05) is 0 Å². The van der Waals surface area contributed by atoms with Crippen LogP contribution in [0.25, 0.3) is 0 Å². The number of carbonyl (C=O) groups is 1. The van der Waals surface area contributed by atoms with Crippen LogP contribution in [0.15, 0.2) is 24.3 Å². The maximum absolute atomic E-state index is 12.3. The van der Waals surface area contributed by atoms with Crippen LogP contribution < -0.4 is 10.6 Å². The Morgan fingerprint density at radius 3 is 2.90 bits per heavy atom. The van der Waals surface area contributed by atoms with E-state index in [0.29, 0.717) is 24.3 Å². The van der Waals surface area contributed by atoms with Crippen molar-refractivity contribution in [3.05, 3.63) is 35.4 Å². The van der Waals surface area contributed by atoms with E-state index in [1.54, 1.807) is 0 Å². The third-order valence-electron chi connectivity index (χ3n) is 5.10. The summed E-state index contributed by atoms with van der Waals surface area (Å²) in [6.07, 6.45) is 5.15. The van der Waals surface area contributed by atoms with Crippen molar-refractivity contribution >= 4 is 5.91 Å². The second-order valence-electron chi connectivity index (χ2n) is 6.73. The lowest BCUT2D eigenvalue weighted by atomic mass is 9.82. The molecule has 3 heteroatoms. The van der Waals surface area contributed by atoms with Crippen molar-refractivity contribution in [2.24, 2.45) is 11.8 Å². The number of hydrogen-bond acceptors (Lipinski definition) is 2. The van der Waals surface area contributed by atoms with Gasteiger partial charge in [0.15, 0.2) is 0 Å². The Kier molecular flexibility index (Phi) is 4.59. The number of benzene rings is 1. The fourth-order valence-corrected chi connectivity index (χ4v) is 3.66. The predicted octanol–water partition coefficient (Wildman–Crippen LogP) is 2.30.